The van der Waals surface area contributed by atoms with Crippen molar-refractivity contribution in [1.82, 2.24) is 5.32 Å². The number of nitrogens with one attached hydrogen (secondary N) is 1. The first-order chi connectivity index (χ1) is 10.1. The number of benzene rings is 1. The molecule has 0 fully saturated rings. The highest BCUT2D eigenvalue weighted by molar-refractivity contribution is 5.95. The van der Waals surface area contributed by atoms with Gasteiger partial charge in [-0.2, -0.15) is 0 Å². The molecule has 1 amide bonds. The molecule has 1 unspecified atom stereocenters. The zero-order valence-electron chi connectivity index (χ0n) is 12.6. The average Bonchev–Trinajstić information content (AvgIpc) is 2.50. The lowest BCUT2D eigenvalue weighted by molar-refractivity contribution is 0.0872. The largest absolute Gasteiger partial charge is 0.495 e. The standard InChI is InChI=1S/C16H21NO4/c1-4-21-11-12(2)17-16(19)14-7-8-15(20-3)13(10-14)6-5-9-18/h7-8,10,12,18H,4,9,11H2,1-3H3,(H,17,19). The summed E-state index contributed by atoms with van der Waals surface area (Å²) in [6, 6.07) is 4.92. The van der Waals surface area contributed by atoms with Crippen LogP contribution in [-0.4, -0.2) is 44.0 Å². The van der Waals surface area contributed by atoms with Crippen LogP contribution in [0.4, 0.5) is 0 Å². The molecule has 1 aromatic carbocycles. The van der Waals surface area contributed by atoms with Gasteiger partial charge in [-0.25, -0.2) is 0 Å². The van der Waals surface area contributed by atoms with Gasteiger partial charge in [0.2, 0.25) is 0 Å². The molecule has 0 spiro atoms. The van der Waals surface area contributed by atoms with E-state index in [4.69, 9.17) is 14.6 Å². The summed E-state index contributed by atoms with van der Waals surface area (Å²) in [7, 11) is 1.53. The number of amides is 1. The second kappa shape index (κ2) is 9.01. The number of carbonyl (C=O) groups excluding carboxylic acids is 1. The van der Waals surface area contributed by atoms with Crippen LogP contribution in [0, 0.1) is 11.8 Å². The van der Waals surface area contributed by atoms with Gasteiger partial charge in [0.05, 0.1) is 19.3 Å². The van der Waals surface area contributed by atoms with Crippen LogP contribution in [0.3, 0.4) is 0 Å². The Morgan fingerprint density at radius 3 is 2.86 bits per heavy atom. The van der Waals surface area contributed by atoms with Crippen molar-refractivity contribution in [2.75, 3.05) is 26.9 Å². The van der Waals surface area contributed by atoms with Gasteiger partial charge in [0.15, 0.2) is 0 Å². The zero-order chi connectivity index (χ0) is 15.7. The van der Waals surface area contributed by atoms with E-state index >= 15 is 0 Å². The van der Waals surface area contributed by atoms with E-state index in [0.29, 0.717) is 30.1 Å². The Labute approximate surface area is 125 Å². The Hall–Kier alpha value is -2.03. The van der Waals surface area contributed by atoms with E-state index in [9.17, 15) is 4.79 Å². The second-order valence-corrected chi connectivity index (χ2v) is 4.41. The van der Waals surface area contributed by atoms with Crippen LogP contribution < -0.4 is 10.1 Å². The molecule has 0 aliphatic carbocycles. The molecule has 0 heterocycles. The van der Waals surface area contributed by atoms with Crippen LogP contribution in [0.2, 0.25) is 0 Å². The Kier molecular flexibility index (Phi) is 7.30. The van der Waals surface area contributed by atoms with Gasteiger partial charge in [-0.3, -0.25) is 4.79 Å². The molecule has 1 rings (SSSR count). The Morgan fingerprint density at radius 1 is 1.48 bits per heavy atom. The molecule has 1 atom stereocenters. The topological polar surface area (TPSA) is 67.8 Å². The molecule has 1 aromatic rings. The van der Waals surface area contributed by atoms with E-state index in [1.54, 1.807) is 18.2 Å². The summed E-state index contributed by atoms with van der Waals surface area (Å²) >= 11 is 0. The molecular formula is C16H21NO4. The fourth-order valence-electron chi connectivity index (χ4n) is 1.73. The SMILES string of the molecule is CCOCC(C)NC(=O)c1ccc(OC)c(C#CCO)c1. The summed E-state index contributed by atoms with van der Waals surface area (Å²) in [5.74, 6) is 5.68. The first-order valence-electron chi connectivity index (χ1n) is 6.78. The first-order valence-corrected chi connectivity index (χ1v) is 6.78. The number of aliphatic hydroxyl groups is 1. The van der Waals surface area contributed by atoms with Gasteiger partial charge in [-0.15, -0.1) is 0 Å². The third kappa shape index (κ3) is 5.46. The van der Waals surface area contributed by atoms with Gasteiger partial charge in [0.1, 0.15) is 12.4 Å². The number of hydrogen-bond acceptors (Lipinski definition) is 4. The predicted octanol–water partition coefficient (Wildman–Crippen LogP) is 1.19. The summed E-state index contributed by atoms with van der Waals surface area (Å²) in [6.45, 7) is 4.62. The Bertz CT molecular complexity index is 531. The lowest BCUT2D eigenvalue weighted by Gasteiger charge is -2.14. The first kappa shape index (κ1) is 17.0. The molecule has 0 aliphatic rings. The molecule has 5 nitrogen and oxygen atoms in total. The maximum atomic E-state index is 12.1. The minimum absolute atomic E-state index is 0.0773. The van der Waals surface area contributed by atoms with Crippen LogP contribution in [0.1, 0.15) is 29.8 Å². The predicted molar refractivity (Wildman–Crippen MR) is 80.4 cm³/mol. The fourth-order valence-corrected chi connectivity index (χ4v) is 1.73. The highest BCUT2D eigenvalue weighted by atomic mass is 16.5. The minimum atomic E-state index is -0.245. The van der Waals surface area contributed by atoms with Gasteiger partial charge in [0, 0.05) is 18.2 Å². The molecule has 0 aliphatic heterocycles. The molecule has 0 radical (unpaired) electrons. The molecule has 21 heavy (non-hydrogen) atoms. The molecule has 2 N–H and O–H groups in total. The number of ether oxygens (including phenoxy) is 2. The van der Waals surface area contributed by atoms with Crippen LogP contribution in [0.25, 0.3) is 0 Å². The van der Waals surface area contributed by atoms with E-state index in [1.165, 1.54) is 7.11 Å². The van der Waals surface area contributed by atoms with Gasteiger partial charge in [0.25, 0.3) is 5.91 Å². The zero-order valence-corrected chi connectivity index (χ0v) is 12.6. The molecule has 5 heteroatoms. The minimum Gasteiger partial charge on any atom is -0.495 e. The van der Waals surface area contributed by atoms with Crippen LogP contribution >= 0.6 is 0 Å². The van der Waals surface area contributed by atoms with Crippen molar-refractivity contribution in [3.05, 3.63) is 29.3 Å². The number of rotatable bonds is 6. The van der Waals surface area contributed by atoms with Gasteiger partial charge < -0.3 is 19.9 Å². The number of carbonyl (C=O) groups is 1. The summed E-state index contributed by atoms with van der Waals surface area (Å²) < 4.78 is 10.4. The van der Waals surface area contributed by atoms with Gasteiger partial charge in [-0.1, -0.05) is 11.8 Å². The van der Waals surface area contributed by atoms with Gasteiger partial charge >= 0.3 is 0 Å². The van der Waals surface area contributed by atoms with Crippen LogP contribution in [0.5, 0.6) is 5.75 Å². The average molecular weight is 291 g/mol. The summed E-state index contributed by atoms with van der Waals surface area (Å²) in [5, 5.41) is 11.6. The smallest absolute Gasteiger partial charge is 0.251 e. The van der Waals surface area contributed by atoms with Crippen molar-refractivity contribution >= 4 is 5.91 Å². The van der Waals surface area contributed by atoms with Crippen molar-refractivity contribution in [3.8, 4) is 17.6 Å². The van der Waals surface area contributed by atoms with E-state index in [0.717, 1.165) is 0 Å². The molecule has 0 aromatic heterocycles. The summed E-state index contributed by atoms with van der Waals surface area (Å²) in [5.41, 5.74) is 1.05. The second-order valence-electron chi connectivity index (χ2n) is 4.41. The van der Waals surface area contributed by atoms with Crippen molar-refractivity contribution in [1.29, 1.82) is 0 Å². The van der Waals surface area contributed by atoms with E-state index in [-0.39, 0.29) is 18.6 Å². The van der Waals surface area contributed by atoms with E-state index < -0.39 is 0 Å². The highest BCUT2D eigenvalue weighted by Crippen LogP contribution is 2.18. The lowest BCUT2D eigenvalue weighted by Crippen LogP contribution is -2.35. The number of hydrogen-bond donors (Lipinski definition) is 2. The van der Waals surface area contributed by atoms with Crippen LogP contribution in [-0.2, 0) is 4.74 Å². The maximum Gasteiger partial charge on any atom is 0.251 e. The number of methoxy groups -OCH3 is 1. The summed E-state index contributed by atoms with van der Waals surface area (Å²) in [4.78, 5) is 12.1. The number of aliphatic hydroxyl groups excluding tert-OH is 1. The lowest BCUT2D eigenvalue weighted by atomic mass is 10.1. The fraction of sp³-hybridized carbons (Fsp3) is 0.438. The van der Waals surface area contributed by atoms with Crippen LogP contribution in [0.15, 0.2) is 18.2 Å². The Morgan fingerprint density at radius 2 is 2.24 bits per heavy atom. The van der Waals surface area contributed by atoms with Crippen molar-refractivity contribution in [2.45, 2.75) is 19.9 Å². The highest BCUT2D eigenvalue weighted by Gasteiger charge is 2.12. The van der Waals surface area contributed by atoms with Gasteiger partial charge in [-0.05, 0) is 32.0 Å². The molecule has 0 saturated heterocycles. The van der Waals surface area contributed by atoms with E-state index in [2.05, 4.69) is 17.2 Å². The summed E-state index contributed by atoms with van der Waals surface area (Å²) in [6.07, 6.45) is 0. The van der Waals surface area contributed by atoms with Crippen molar-refractivity contribution < 1.29 is 19.4 Å². The maximum absolute atomic E-state index is 12.1. The molecule has 0 bridgehead atoms. The monoisotopic (exact) mass is 291 g/mol. The van der Waals surface area contributed by atoms with Crippen molar-refractivity contribution in [3.63, 3.8) is 0 Å². The molecule has 0 saturated carbocycles. The quantitative estimate of drug-likeness (QED) is 0.773. The Balaban J connectivity index is 2.85. The van der Waals surface area contributed by atoms with Crippen molar-refractivity contribution in [2.24, 2.45) is 0 Å². The van der Waals surface area contributed by atoms with E-state index in [1.807, 2.05) is 13.8 Å². The molecular weight excluding hydrogens is 270 g/mol. The third-order valence-corrected chi connectivity index (χ3v) is 2.71. The third-order valence-electron chi connectivity index (χ3n) is 2.71. The molecule has 114 valence electrons. The normalized spacial score (nSPS) is 11.2.